The molecule has 3 rings (SSSR count). The number of aryl methyl sites for hydroxylation is 2. The van der Waals surface area contributed by atoms with Crippen molar-refractivity contribution in [2.75, 3.05) is 0 Å². The minimum absolute atomic E-state index is 0.00956. The zero-order chi connectivity index (χ0) is 16.6. The highest BCUT2D eigenvalue weighted by molar-refractivity contribution is 7.71. The second-order valence-electron chi connectivity index (χ2n) is 5.34. The summed E-state index contributed by atoms with van der Waals surface area (Å²) in [6.45, 7) is 4.12. The van der Waals surface area contributed by atoms with Crippen molar-refractivity contribution in [3.8, 4) is 28.4 Å². The summed E-state index contributed by atoms with van der Waals surface area (Å²) in [5, 5.41) is 26.7. The number of aromatic hydroxyl groups is 2. The number of aromatic nitrogens is 3. The van der Waals surface area contributed by atoms with E-state index in [9.17, 15) is 10.2 Å². The fourth-order valence-corrected chi connectivity index (χ4v) is 2.98. The second kappa shape index (κ2) is 5.89. The maximum absolute atomic E-state index is 10.0. The van der Waals surface area contributed by atoms with Crippen LogP contribution in [0, 0.1) is 11.6 Å². The summed E-state index contributed by atoms with van der Waals surface area (Å²) in [5.74, 6) is -0.0820. The van der Waals surface area contributed by atoms with Crippen LogP contribution in [0.5, 0.6) is 11.5 Å². The fraction of sp³-hybridized carbons (Fsp3) is 0.176. The number of hydrogen-bond donors (Lipinski definition) is 3. The van der Waals surface area contributed by atoms with Crippen molar-refractivity contribution in [2.45, 2.75) is 20.3 Å². The number of phenols is 2. The molecule has 0 saturated heterocycles. The summed E-state index contributed by atoms with van der Waals surface area (Å²) >= 11 is 5.54. The topological polar surface area (TPSA) is 74.1 Å². The molecule has 6 heteroatoms. The quantitative estimate of drug-likeness (QED) is 0.638. The maximum Gasteiger partial charge on any atom is 0.156 e. The fourth-order valence-electron chi connectivity index (χ4n) is 2.69. The number of rotatable bonds is 3. The van der Waals surface area contributed by atoms with Gasteiger partial charge in [-0.1, -0.05) is 37.3 Å². The van der Waals surface area contributed by atoms with Crippen LogP contribution in [0.1, 0.15) is 18.1 Å². The third kappa shape index (κ3) is 2.61. The van der Waals surface area contributed by atoms with Crippen LogP contribution in [0.4, 0.5) is 0 Å². The SMILES string of the molecule is CCc1cccc(C)c1-c1n[nH]n(-c2ccc(O)cc2O)c1=S. The summed E-state index contributed by atoms with van der Waals surface area (Å²) in [5.41, 5.74) is 4.42. The molecular formula is C17H17N3O2S. The van der Waals surface area contributed by atoms with E-state index in [0.29, 0.717) is 16.0 Å². The van der Waals surface area contributed by atoms with E-state index < -0.39 is 0 Å². The molecule has 0 bridgehead atoms. The van der Waals surface area contributed by atoms with Crippen LogP contribution >= 0.6 is 12.2 Å². The van der Waals surface area contributed by atoms with Crippen molar-refractivity contribution in [1.82, 2.24) is 15.0 Å². The Balaban J connectivity index is 2.20. The molecule has 0 spiro atoms. The Hall–Kier alpha value is -2.60. The van der Waals surface area contributed by atoms with Gasteiger partial charge in [0, 0.05) is 11.6 Å². The molecule has 0 saturated carbocycles. The third-order valence-electron chi connectivity index (χ3n) is 3.84. The van der Waals surface area contributed by atoms with Gasteiger partial charge in [0.05, 0.1) is 0 Å². The van der Waals surface area contributed by atoms with Crippen LogP contribution in [0.3, 0.4) is 0 Å². The Morgan fingerprint density at radius 2 is 2.00 bits per heavy atom. The van der Waals surface area contributed by atoms with E-state index in [4.69, 9.17) is 12.2 Å². The monoisotopic (exact) mass is 327 g/mol. The van der Waals surface area contributed by atoms with Crippen molar-refractivity contribution in [1.29, 1.82) is 0 Å². The van der Waals surface area contributed by atoms with Gasteiger partial charge in [0.15, 0.2) is 4.64 Å². The van der Waals surface area contributed by atoms with E-state index in [1.54, 1.807) is 6.07 Å². The van der Waals surface area contributed by atoms with Gasteiger partial charge < -0.3 is 10.2 Å². The molecule has 0 radical (unpaired) electrons. The molecule has 0 amide bonds. The zero-order valence-electron chi connectivity index (χ0n) is 12.9. The van der Waals surface area contributed by atoms with E-state index in [1.165, 1.54) is 22.4 Å². The zero-order valence-corrected chi connectivity index (χ0v) is 13.7. The van der Waals surface area contributed by atoms with E-state index in [2.05, 4.69) is 23.3 Å². The average Bonchev–Trinajstić information content (AvgIpc) is 2.88. The lowest BCUT2D eigenvalue weighted by atomic mass is 9.98. The third-order valence-corrected chi connectivity index (χ3v) is 4.22. The molecule has 2 aromatic carbocycles. The smallest absolute Gasteiger partial charge is 0.156 e. The normalized spacial score (nSPS) is 10.9. The molecule has 0 aliphatic carbocycles. The highest BCUT2D eigenvalue weighted by Crippen LogP contribution is 2.30. The minimum Gasteiger partial charge on any atom is -0.508 e. The van der Waals surface area contributed by atoms with Crippen molar-refractivity contribution in [3.05, 3.63) is 52.2 Å². The van der Waals surface area contributed by atoms with Crippen LogP contribution in [0.15, 0.2) is 36.4 Å². The molecule has 0 fully saturated rings. The molecule has 0 aliphatic rings. The van der Waals surface area contributed by atoms with Crippen LogP contribution in [-0.2, 0) is 6.42 Å². The van der Waals surface area contributed by atoms with Crippen molar-refractivity contribution >= 4 is 12.2 Å². The lowest BCUT2D eigenvalue weighted by Crippen LogP contribution is -1.97. The first kappa shape index (κ1) is 15.3. The van der Waals surface area contributed by atoms with Crippen LogP contribution in [-0.4, -0.2) is 25.2 Å². The van der Waals surface area contributed by atoms with Crippen molar-refractivity contribution in [2.24, 2.45) is 0 Å². The van der Waals surface area contributed by atoms with Gasteiger partial charge in [-0.15, -0.1) is 0 Å². The molecule has 118 valence electrons. The first-order valence-electron chi connectivity index (χ1n) is 7.31. The molecule has 0 atom stereocenters. The van der Waals surface area contributed by atoms with Crippen LogP contribution in [0.25, 0.3) is 16.9 Å². The molecular weight excluding hydrogens is 310 g/mol. The lowest BCUT2D eigenvalue weighted by molar-refractivity contribution is 0.447. The molecule has 3 N–H and O–H groups in total. The number of aromatic amines is 1. The van der Waals surface area contributed by atoms with Crippen LogP contribution in [0.2, 0.25) is 0 Å². The highest BCUT2D eigenvalue weighted by atomic mass is 32.1. The predicted octanol–water partition coefficient (Wildman–Crippen LogP) is 3.88. The Morgan fingerprint density at radius 3 is 2.70 bits per heavy atom. The Kier molecular flexibility index (Phi) is 3.92. The van der Waals surface area contributed by atoms with Gasteiger partial charge in [0.2, 0.25) is 0 Å². The Morgan fingerprint density at radius 1 is 1.22 bits per heavy atom. The van der Waals surface area contributed by atoms with Crippen molar-refractivity contribution in [3.63, 3.8) is 0 Å². The number of hydrogen-bond acceptors (Lipinski definition) is 4. The molecule has 0 unspecified atom stereocenters. The van der Waals surface area contributed by atoms with E-state index >= 15 is 0 Å². The second-order valence-corrected chi connectivity index (χ2v) is 5.72. The van der Waals surface area contributed by atoms with Crippen LogP contribution < -0.4 is 0 Å². The Labute approximate surface area is 138 Å². The first-order valence-corrected chi connectivity index (χ1v) is 7.72. The highest BCUT2D eigenvalue weighted by Gasteiger charge is 2.15. The standard InChI is InChI=1S/C17H17N3O2S/c1-3-11-6-4-5-10(2)15(11)16-17(23)20(19-18-16)13-8-7-12(21)9-14(13)22/h4-9,19,21-22H,3H2,1-2H3. The lowest BCUT2D eigenvalue weighted by Gasteiger charge is -2.08. The summed E-state index contributed by atoms with van der Waals surface area (Å²) in [4.78, 5) is 0. The van der Waals surface area contributed by atoms with E-state index in [1.807, 2.05) is 19.1 Å². The number of phenolic OH excluding ortho intramolecular Hbond substituents is 2. The molecule has 5 nitrogen and oxygen atoms in total. The van der Waals surface area contributed by atoms with Gasteiger partial charge in [-0.25, -0.2) is 9.90 Å². The summed E-state index contributed by atoms with van der Waals surface area (Å²) in [6.07, 6.45) is 0.878. The van der Waals surface area contributed by atoms with Gasteiger partial charge in [0.1, 0.15) is 22.9 Å². The minimum atomic E-state index is -0.0724. The average molecular weight is 327 g/mol. The summed E-state index contributed by atoms with van der Waals surface area (Å²) in [7, 11) is 0. The number of H-pyrrole nitrogens is 1. The van der Waals surface area contributed by atoms with Gasteiger partial charge in [0.25, 0.3) is 0 Å². The largest absolute Gasteiger partial charge is 0.508 e. The van der Waals surface area contributed by atoms with Crippen molar-refractivity contribution < 1.29 is 10.2 Å². The Bertz CT molecular complexity index is 928. The van der Waals surface area contributed by atoms with Gasteiger partial charge >= 0.3 is 0 Å². The van der Waals surface area contributed by atoms with Gasteiger partial charge in [-0.2, -0.15) is 5.10 Å². The molecule has 3 aromatic rings. The van der Waals surface area contributed by atoms with E-state index in [-0.39, 0.29) is 11.5 Å². The predicted molar refractivity (Wildman–Crippen MR) is 91.6 cm³/mol. The van der Waals surface area contributed by atoms with Gasteiger partial charge in [-0.05, 0) is 36.6 Å². The number of benzene rings is 2. The molecule has 0 aliphatic heterocycles. The van der Waals surface area contributed by atoms with Gasteiger partial charge in [-0.3, -0.25) is 0 Å². The molecule has 1 heterocycles. The summed E-state index contributed by atoms with van der Waals surface area (Å²) in [6, 6.07) is 10.5. The summed E-state index contributed by atoms with van der Waals surface area (Å²) < 4.78 is 2.01. The molecule has 23 heavy (non-hydrogen) atoms. The van der Waals surface area contributed by atoms with E-state index in [0.717, 1.165) is 17.5 Å². The maximum atomic E-state index is 10.0. The number of nitrogens with one attached hydrogen (secondary N) is 1. The molecule has 1 aromatic heterocycles. The first-order chi connectivity index (χ1) is 11.0. The number of nitrogens with zero attached hydrogens (tertiary/aromatic N) is 2.